The van der Waals surface area contributed by atoms with Gasteiger partial charge < -0.3 is 24.7 Å². The highest BCUT2D eigenvalue weighted by molar-refractivity contribution is 6.35. The van der Waals surface area contributed by atoms with Crippen LogP contribution in [0.2, 0.25) is 5.02 Å². The molecular weight excluding hydrogens is 517 g/mol. The fourth-order valence-electron chi connectivity index (χ4n) is 3.67. The maximum atomic E-state index is 15.5. The summed E-state index contributed by atoms with van der Waals surface area (Å²) in [5.74, 6) is -1.26. The lowest BCUT2D eigenvalue weighted by molar-refractivity contribution is 0.0997. The first-order valence-corrected chi connectivity index (χ1v) is 11.9. The van der Waals surface area contributed by atoms with E-state index in [9.17, 15) is 9.59 Å². The normalized spacial score (nSPS) is 12.6. The number of methoxy groups -OCH3 is 1. The zero-order chi connectivity index (χ0) is 26.8. The van der Waals surface area contributed by atoms with Crippen LogP contribution in [0.4, 0.5) is 14.9 Å². The Balaban J connectivity index is 1.52. The number of aromatic nitrogens is 1. The molecule has 0 unspecified atom stereocenters. The number of hydrogen-bond donors (Lipinski definition) is 2. The van der Waals surface area contributed by atoms with Crippen LogP contribution in [0.3, 0.4) is 0 Å². The molecule has 2 amide bonds. The van der Waals surface area contributed by atoms with E-state index in [1.54, 1.807) is 30.3 Å². The molecule has 1 fully saturated rings. The minimum atomic E-state index is -0.864. The van der Waals surface area contributed by atoms with Gasteiger partial charge in [-0.05, 0) is 37.1 Å². The van der Waals surface area contributed by atoms with E-state index in [1.807, 2.05) is 0 Å². The Kier molecular flexibility index (Phi) is 6.89. The van der Waals surface area contributed by atoms with Crippen molar-refractivity contribution in [2.45, 2.75) is 18.9 Å². The Labute approximate surface area is 221 Å². The average Bonchev–Trinajstić information content (AvgIpc) is 3.73. The van der Waals surface area contributed by atoms with Crippen molar-refractivity contribution in [2.24, 2.45) is 5.73 Å². The number of carbonyl (C=O) groups excluding carboxylic acids is 2. The number of primary amides is 1. The van der Waals surface area contributed by atoms with Crippen molar-refractivity contribution in [3.05, 3.63) is 77.2 Å². The molecule has 38 heavy (non-hydrogen) atoms. The van der Waals surface area contributed by atoms with Crippen molar-refractivity contribution < 1.29 is 32.9 Å². The Bertz CT molecular complexity index is 1550. The summed E-state index contributed by atoms with van der Waals surface area (Å²) < 4.78 is 37.8. The van der Waals surface area contributed by atoms with Gasteiger partial charge in [-0.15, -0.1) is 0 Å². The predicted molar refractivity (Wildman–Crippen MR) is 138 cm³/mol. The molecule has 1 aliphatic rings. The van der Waals surface area contributed by atoms with Gasteiger partial charge in [-0.2, -0.15) is 0 Å². The van der Waals surface area contributed by atoms with Gasteiger partial charge in [-0.25, -0.2) is 9.18 Å². The number of anilines is 1. The Morgan fingerprint density at radius 2 is 1.84 bits per heavy atom. The van der Waals surface area contributed by atoms with E-state index in [1.165, 1.54) is 31.5 Å². The number of nitrogens with zero attached hydrogens (tertiary/aromatic N) is 1. The zero-order valence-corrected chi connectivity index (χ0v) is 20.8. The summed E-state index contributed by atoms with van der Waals surface area (Å²) in [5.41, 5.74) is 5.95. The van der Waals surface area contributed by atoms with E-state index < -0.39 is 17.8 Å². The third-order valence-corrected chi connectivity index (χ3v) is 6.00. The minimum Gasteiger partial charge on any atom is -0.496 e. The molecule has 0 spiro atoms. The number of hydrogen-bond acceptors (Lipinski definition) is 7. The van der Waals surface area contributed by atoms with E-state index in [0.29, 0.717) is 16.7 Å². The summed E-state index contributed by atoms with van der Waals surface area (Å²) in [7, 11) is 1.40. The fraction of sp³-hybridized carbons (Fsp3) is 0.148. The summed E-state index contributed by atoms with van der Waals surface area (Å²) in [4.78, 5) is 28.6. The molecule has 3 N–H and O–H groups in total. The fourth-order valence-corrected chi connectivity index (χ4v) is 3.90. The van der Waals surface area contributed by atoms with Crippen molar-refractivity contribution in [1.29, 1.82) is 0 Å². The first-order valence-electron chi connectivity index (χ1n) is 11.5. The van der Waals surface area contributed by atoms with Crippen LogP contribution in [-0.4, -0.2) is 30.2 Å². The molecule has 0 aliphatic heterocycles. The Hall–Kier alpha value is -4.57. The summed E-state index contributed by atoms with van der Waals surface area (Å²) in [6.45, 7) is 0. The second-order valence-corrected chi connectivity index (χ2v) is 8.75. The van der Waals surface area contributed by atoms with Crippen molar-refractivity contribution >= 4 is 40.2 Å². The highest BCUT2D eigenvalue weighted by Crippen LogP contribution is 2.47. The topological polar surface area (TPSA) is 122 Å². The monoisotopic (exact) mass is 537 g/mol. The third-order valence-electron chi connectivity index (χ3n) is 5.63. The SMILES string of the molecule is COc1cc2nccc(Oc3c(F)cc(NC(=O)Oc4ccccc4)c(Cl)c3OC3CC3)c2cc1C(N)=O. The molecule has 3 aromatic carbocycles. The summed E-state index contributed by atoms with van der Waals surface area (Å²) in [5, 5.41) is 2.75. The lowest BCUT2D eigenvalue weighted by Gasteiger charge is -2.18. The molecule has 0 radical (unpaired) electrons. The standard InChI is InChI=1S/C27H21ClFN3O6/c1-35-22-13-19-16(11-17(22)26(30)33)21(9-10-31-19)38-24-18(29)12-20(23(28)25(24)36-15-7-8-15)32-27(34)37-14-5-3-2-4-6-14/h2-6,9-13,15H,7-8H2,1H3,(H2,30,33)(H,32,34). The Morgan fingerprint density at radius 3 is 2.53 bits per heavy atom. The van der Waals surface area contributed by atoms with Gasteiger partial charge in [0.25, 0.3) is 5.91 Å². The zero-order valence-electron chi connectivity index (χ0n) is 20.0. The van der Waals surface area contributed by atoms with E-state index in [-0.39, 0.29) is 45.4 Å². The molecule has 9 nitrogen and oxygen atoms in total. The smallest absolute Gasteiger partial charge is 0.417 e. The van der Waals surface area contributed by atoms with Gasteiger partial charge in [0.1, 0.15) is 22.3 Å². The summed E-state index contributed by atoms with van der Waals surface area (Å²) in [6.07, 6.45) is 1.92. The number of fused-ring (bicyclic) bond motifs is 1. The quantitative estimate of drug-likeness (QED) is 0.279. The first-order chi connectivity index (χ1) is 18.3. The van der Waals surface area contributed by atoms with E-state index in [2.05, 4.69) is 10.3 Å². The lowest BCUT2D eigenvalue weighted by Crippen LogP contribution is -2.17. The van der Waals surface area contributed by atoms with Crippen molar-refractivity contribution in [1.82, 2.24) is 4.98 Å². The van der Waals surface area contributed by atoms with Crippen LogP contribution in [0, 0.1) is 5.82 Å². The van der Waals surface area contributed by atoms with Crippen molar-refractivity contribution in [3.8, 4) is 28.7 Å². The largest absolute Gasteiger partial charge is 0.496 e. The molecule has 0 atom stereocenters. The van der Waals surface area contributed by atoms with Gasteiger partial charge in [0, 0.05) is 23.7 Å². The molecule has 1 saturated carbocycles. The number of benzene rings is 3. The second kappa shape index (κ2) is 10.4. The van der Waals surface area contributed by atoms with Crippen LogP contribution in [0.15, 0.2) is 60.8 Å². The van der Waals surface area contributed by atoms with Gasteiger partial charge in [0.15, 0.2) is 11.6 Å². The number of nitrogens with two attached hydrogens (primary N) is 1. The number of para-hydroxylation sites is 1. The van der Waals surface area contributed by atoms with Gasteiger partial charge in [-0.3, -0.25) is 15.1 Å². The Morgan fingerprint density at radius 1 is 1.08 bits per heavy atom. The molecule has 0 bridgehead atoms. The summed E-state index contributed by atoms with van der Waals surface area (Å²) in [6, 6.07) is 13.9. The van der Waals surface area contributed by atoms with Crippen molar-refractivity contribution in [3.63, 3.8) is 0 Å². The molecule has 1 heterocycles. The highest BCUT2D eigenvalue weighted by Gasteiger charge is 2.30. The van der Waals surface area contributed by atoms with Crippen LogP contribution >= 0.6 is 11.6 Å². The summed E-state index contributed by atoms with van der Waals surface area (Å²) >= 11 is 6.56. The molecule has 1 aromatic heterocycles. The van der Waals surface area contributed by atoms with E-state index in [0.717, 1.165) is 18.9 Å². The van der Waals surface area contributed by atoms with Crippen LogP contribution in [-0.2, 0) is 0 Å². The lowest BCUT2D eigenvalue weighted by atomic mass is 10.1. The van der Waals surface area contributed by atoms with Crippen LogP contribution in [0.5, 0.6) is 28.7 Å². The maximum absolute atomic E-state index is 15.5. The molecule has 5 rings (SSSR count). The van der Waals surface area contributed by atoms with Crippen molar-refractivity contribution in [2.75, 3.05) is 12.4 Å². The number of amides is 2. The molecular formula is C27H21ClFN3O6. The van der Waals surface area contributed by atoms with Gasteiger partial charge in [-0.1, -0.05) is 29.8 Å². The average molecular weight is 538 g/mol. The number of nitrogens with one attached hydrogen (secondary N) is 1. The van der Waals surface area contributed by atoms with E-state index in [4.69, 9.17) is 36.3 Å². The molecule has 194 valence electrons. The first kappa shape index (κ1) is 25.1. The number of pyridine rings is 1. The minimum absolute atomic E-state index is 0.0616. The molecule has 11 heteroatoms. The van der Waals surface area contributed by atoms with Gasteiger partial charge in [0.05, 0.1) is 30.0 Å². The second-order valence-electron chi connectivity index (χ2n) is 8.37. The van der Waals surface area contributed by atoms with Crippen LogP contribution in [0.25, 0.3) is 10.9 Å². The highest BCUT2D eigenvalue weighted by atomic mass is 35.5. The molecule has 0 saturated heterocycles. The number of halogens is 2. The van der Waals surface area contributed by atoms with Crippen LogP contribution in [0.1, 0.15) is 23.2 Å². The van der Waals surface area contributed by atoms with Crippen LogP contribution < -0.4 is 30.0 Å². The molecule has 1 aliphatic carbocycles. The number of carbonyl (C=O) groups is 2. The maximum Gasteiger partial charge on any atom is 0.417 e. The number of ether oxygens (including phenoxy) is 4. The van der Waals surface area contributed by atoms with Gasteiger partial charge >= 0.3 is 6.09 Å². The third kappa shape index (κ3) is 5.25. The molecule has 4 aromatic rings. The predicted octanol–water partition coefficient (Wildman–Crippen LogP) is 6.08. The van der Waals surface area contributed by atoms with E-state index >= 15 is 4.39 Å². The van der Waals surface area contributed by atoms with Gasteiger partial charge in [0.2, 0.25) is 5.75 Å². The number of rotatable bonds is 8.